The first kappa shape index (κ1) is 10.3. The number of nitrogens with one attached hydrogen (secondary N) is 1. The molecule has 1 aliphatic heterocycles. The monoisotopic (exact) mass is 215 g/mol. The van der Waals surface area contributed by atoms with Crippen molar-refractivity contribution >= 4 is 0 Å². The second-order valence-electron chi connectivity index (χ2n) is 5.25. The Balaban J connectivity index is 1.92. The van der Waals surface area contributed by atoms with Gasteiger partial charge in [-0.05, 0) is 55.7 Å². The molecule has 0 bridgehead atoms. The molecular weight excluding hydrogens is 194 g/mol. The van der Waals surface area contributed by atoms with Crippen molar-refractivity contribution in [1.82, 2.24) is 5.32 Å². The van der Waals surface area contributed by atoms with E-state index in [2.05, 4.69) is 29.6 Å². The molecule has 0 radical (unpaired) electrons. The van der Waals surface area contributed by atoms with Gasteiger partial charge < -0.3 is 5.32 Å². The van der Waals surface area contributed by atoms with Crippen molar-refractivity contribution in [2.24, 2.45) is 0 Å². The topological polar surface area (TPSA) is 12.0 Å². The van der Waals surface area contributed by atoms with Crippen LogP contribution in [0, 0.1) is 0 Å². The smallest absolute Gasteiger partial charge is 0.0136 e. The van der Waals surface area contributed by atoms with Crippen LogP contribution < -0.4 is 5.32 Å². The Labute approximate surface area is 98.3 Å². The van der Waals surface area contributed by atoms with Crippen molar-refractivity contribution in [3.8, 4) is 0 Å². The lowest BCUT2D eigenvalue weighted by Gasteiger charge is -2.24. The molecule has 2 atom stereocenters. The Morgan fingerprint density at radius 1 is 1.00 bits per heavy atom. The van der Waals surface area contributed by atoms with E-state index in [0.717, 1.165) is 12.0 Å². The van der Waals surface area contributed by atoms with Gasteiger partial charge in [0, 0.05) is 6.04 Å². The predicted molar refractivity (Wildman–Crippen MR) is 67.8 cm³/mol. The Kier molecular flexibility index (Phi) is 2.96. The molecule has 1 aliphatic carbocycles. The van der Waals surface area contributed by atoms with Gasteiger partial charge in [-0.1, -0.05) is 30.7 Å². The zero-order chi connectivity index (χ0) is 10.8. The Hall–Kier alpha value is -0.820. The maximum absolute atomic E-state index is 3.69. The first-order chi connectivity index (χ1) is 7.95. The van der Waals surface area contributed by atoms with Crippen LogP contribution in [0.25, 0.3) is 0 Å². The molecule has 16 heavy (non-hydrogen) atoms. The number of hydrogen-bond donors (Lipinski definition) is 1. The number of benzene rings is 1. The normalized spacial score (nSPS) is 29.8. The third kappa shape index (κ3) is 1.89. The van der Waals surface area contributed by atoms with Crippen molar-refractivity contribution in [2.75, 3.05) is 6.54 Å². The minimum Gasteiger partial charge on any atom is -0.313 e. The SMILES string of the molecule is c1ccc2c(c1)CCCC[C@H]2[C@@H]1CCCN1. The number of aryl methyl sites for hydroxylation is 1. The van der Waals surface area contributed by atoms with Gasteiger partial charge in [-0.15, -0.1) is 0 Å². The minimum absolute atomic E-state index is 0.749. The van der Waals surface area contributed by atoms with Crippen molar-refractivity contribution in [3.63, 3.8) is 0 Å². The molecule has 3 rings (SSSR count). The van der Waals surface area contributed by atoms with Crippen molar-refractivity contribution < 1.29 is 0 Å². The summed E-state index contributed by atoms with van der Waals surface area (Å²) in [6, 6.07) is 9.86. The summed E-state index contributed by atoms with van der Waals surface area (Å²) in [6.45, 7) is 1.23. The van der Waals surface area contributed by atoms with Crippen LogP contribution in [0.3, 0.4) is 0 Å². The molecule has 0 unspecified atom stereocenters. The zero-order valence-electron chi connectivity index (χ0n) is 9.91. The number of fused-ring (bicyclic) bond motifs is 1. The second-order valence-corrected chi connectivity index (χ2v) is 5.25. The van der Waals surface area contributed by atoms with Gasteiger partial charge in [0.25, 0.3) is 0 Å². The highest BCUT2D eigenvalue weighted by atomic mass is 14.9. The fourth-order valence-corrected chi connectivity index (χ4v) is 3.43. The molecule has 1 N–H and O–H groups in total. The number of rotatable bonds is 1. The van der Waals surface area contributed by atoms with Gasteiger partial charge in [0.15, 0.2) is 0 Å². The van der Waals surface area contributed by atoms with Gasteiger partial charge in [0.05, 0.1) is 0 Å². The molecule has 1 aromatic rings. The van der Waals surface area contributed by atoms with E-state index in [0.29, 0.717) is 0 Å². The Morgan fingerprint density at radius 3 is 2.81 bits per heavy atom. The van der Waals surface area contributed by atoms with E-state index in [1.54, 1.807) is 11.1 Å². The molecule has 1 aromatic carbocycles. The van der Waals surface area contributed by atoms with Gasteiger partial charge in [0.1, 0.15) is 0 Å². The zero-order valence-corrected chi connectivity index (χ0v) is 9.91. The van der Waals surface area contributed by atoms with Gasteiger partial charge in [0.2, 0.25) is 0 Å². The maximum Gasteiger partial charge on any atom is 0.0136 e. The second kappa shape index (κ2) is 4.58. The molecular formula is C15H21N. The van der Waals surface area contributed by atoms with Crippen molar-refractivity contribution in [2.45, 2.75) is 50.5 Å². The summed E-state index contributed by atoms with van der Waals surface area (Å²) in [7, 11) is 0. The lowest BCUT2D eigenvalue weighted by molar-refractivity contribution is 0.456. The van der Waals surface area contributed by atoms with Crippen molar-refractivity contribution in [3.05, 3.63) is 35.4 Å². The van der Waals surface area contributed by atoms with E-state index in [4.69, 9.17) is 0 Å². The third-order valence-corrected chi connectivity index (χ3v) is 4.25. The van der Waals surface area contributed by atoms with E-state index in [1.807, 2.05) is 0 Å². The van der Waals surface area contributed by atoms with Crippen LogP contribution >= 0.6 is 0 Å². The van der Waals surface area contributed by atoms with E-state index < -0.39 is 0 Å². The summed E-state index contributed by atoms with van der Waals surface area (Å²) in [5.41, 5.74) is 3.25. The van der Waals surface area contributed by atoms with Crippen LogP contribution in [0.5, 0.6) is 0 Å². The van der Waals surface area contributed by atoms with Gasteiger partial charge in [-0.25, -0.2) is 0 Å². The predicted octanol–water partition coefficient (Wildman–Crippen LogP) is 3.25. The summed E-state index contributed by atoms with van der Waals surface area (Å²) in [6.07, 6.45) is 8.19. The maximum atomic E-state index is 3.69. The molecule has 1 heterocycles. The molecule has 1 fully saturated rings. The highest BCUT2D eigenvalue weighted by Crippen LogP contribution is 2.35. The minimum atomic E-state index is 0.749. The summed E-state index contributed by atoms with van der Waals surface area (Å²) < 4.78 is 0. The molecule has 0 amide bonds. The van der Waals surface area contributed by atoms with E-state index in [9.17, 15) is 0 Å². The summed E-state index contributed by atoms with van der Waals surface area (Å²) >= 11 is 0. The van der Waals surface area contributed by atoms with Gasteiger partial charge in [-0.3, -0.25) is 0 Å². The molecule has 2 aliphatic rings. The van der Waals surface area contributed by atoms with Gasteiger partial charge >= 0.3 is 0 Å². The quantitative estimate of drug-likeness (QED) is 0.709. The molecule has 0 saturated carbocycles. The average Bonchev–Trinajstić information content (AvgIpc) is 2.76. The fourth-order valence-electron chi connectivity index (χ4n) is 3.43. The summed E-state index contributed by atoms with van der Waals surface area (Å²) in [5, 5.41) is 3.69. The van der Waals surface area contributed by atoms with E-state index in [-0.39, 0.29) is 0 Å². The van der Waals surface area contributed by atoms with E-state index >= 15 is 0 Å². The molecule has 0 aromatic heterocycles. The van der Waals surface area contributed by atoms with Crippen LogP contribution in [0.15, 0.2) is 24.3 Å². The van der Waals surface area contributed by atoms with E-state index in [1.165, 1.54) is 45.1 Å². The van der Waals surface area contributed by atoms with Crippen LogP contribution in [0.2, 0.25) is 0 Å². The highest BCUT2D eigenvalue weighted by molar-refractivity contribution is 5.32. The average molecular weight is 215 g/mol. The van der Waals surface area contributed by atoms with Gasteiger partial charge in [-0.2, -0.15) is 0 Å². The van der Waals surface area contributed by atoms with Crippen molar-refractivity contribution in [1.29, 1.82) is 0 Å². The number of hydrogen-bond acceptors (Lipinski definition) is 1. The first-order valence-electron chi connectivity index (χ1n) is 6.76. The third-order valence-electron chi connectivity index (χ3n) is 4.25. The van der Waals surface area contributed by atoms with Crippen LogP contribution in [0.4, 0.5) is 0 Å². The summed E-state index contributed by atoms with van der Waals surface area (Å²) in [4.78, 5) is 0. The highest BCUT2D eigenvalue weighted by Gasteiger charge is 2.28. The first-order valence-corrected chi connectivity index (χ1v) is 6.76. The lowest BCUT2D eigenvalue weighted by Crippen LogP contribution is -2.29. The summed E-state index contributed by atoms with van der Waals surface area (Å²) in [5.74, 6) is 0.779. The Morgan fingerprint density at radius 2 is 1.94 bits per heavy atom. The largest absolute Gasteiger partial charge is 0.313 e. The van der Waals surface area contributed by atoms with Crippen LogP contribution in [-0.2, 0) is 6.42 Å². The molecule has 1 saturated heterocycles. The molecule has 0 spiro atoms. The molecule has 86 valence electrons. The lowest BCUT2D eigenvalue weighted by atomic mass is 9.86. The molecule has 1 heteroatoms. The van der Waals surface area contributed by atoms with Crippen LogP contribution in [-0.4, -0.2) is 12.6 Å². The fraction of sp³-hybridized carbons (Fsp3) is 0.600. The van der Waals surface area contributed by atoms with Crippen LogP contribution in [0.1, 0.15) is 49.1 Å². The Bertz CT molecular complexity index is 352. The molecule has 1 nitrogen and oxygen atoms in total. The standard InChI is InChI=1S/C15H21N/c1-3-8-13-12(6-1)7-2-4-9-14(13)15-10-5-11-16-15/h1,3,6,8,14-16H,2,4-5,7,9-11H2/t14-,15+/m1/s1.